The van der Waals surface area contributed by atoms with Crippen LogP contribution in [0.3, 0.4) is 0 Å². The number of fused-ring (bicyclic) bond motifs is 3. The highest BCUT2D eigenvalue weighted by molar-refractivity contribution is 6.33. The van der Waals surface area contributed by atoms with Crippen LogP contribution in [0.25, 0.3) is 21.9 Å². The first kappa shape index (κ1) is 21.5. The number of nitrogens with zero attached hydrogens (tertiary/aromatic N) is 4. The second-order valence-electron chi connectivity index (χ2n) is 9.61. The molecule has 0 radical (unpaired) electrons. The van der Waals surface area contributed by atoms with Gasteiger partial charge in [-0.2, -0.15) is 0 Å². The number of nitrogen functional groups attached to an aromatic ring is 2. The molecule has 5 atom stereocenters. The first-order valence-electron chi connectivity index (χ1n) is 11.2. The Bertz CT molecular complexity index is 1480. The van der Waals surface area contributed by atoms with E-state index >= 15 is 0 Å². The molecule has 0 unspecified atom stereocenters. The van der Waals surface area contributed by atoms with Gasteiger partial charge in [0.2, 0.25) is 0 Å². The maximum absolute atomic E-state index is 14.9. The van der Waals surface area contributed by atoms with E-state index in [0.29, 0.717) is 40.8 Å². The second kappa shape index (κ2) is 7.24. The number of benzene rings is 1. The number of pyridine rings is 1. The van der Waals surface area contributed by atoms with Crippen molar-refractivity contribution in [2.75, 3.05) is 11.5 Å². The molecule has 6 N–H and O–H groups in total. The van der Waals surface area contributed by atoms with E-state index in [9.17, 15) is 14.6 Å². The maximum atomic E-state index is 14.9. The Morgan fingerprint density at radius 3 is 2.76 bits per heavy atom. The lowest BCUT2D eigenvalue weighted by Crippen LogP contribution is -2.34. The predicted octanol–water partition coefficient (Wildman–Crippen LogP) is 3.16. The van der Waals surface area contributed by atoms with Crippen LogP contribution in [0, 0.1) is 24.1 Å². The van der Waals surface area contributed by atoms with Gasteiger partial charge in [-0.1, -0.05) is 11.6 Å². The topological polar surface area (TPSA) is 136 Å². The number of hydrogen-bond acceptors (Lipinski definition) is 7. The van der Waals surface area contributed by atoms with E-state index in [1.54, 1.807) is 12.1 Å². The monoisotopic (exact) mass is 482 g/mol. The van der Waals surface area contributed by atoms with Gasteiger partial charge in [0.25, 0.3) is 0 Å². The van der Waals surface area contributed by atoms with Crippen LogP contribution in [0.15, 0.2) is 30.6 Å². The van der Waals surface area contributed by atoms with Gasteiger partial charge in [0.05, 0.1) is 28.1 Å². The molecule has 2 aliphatic rings. The molecule has 8 nitrogen and oxygen atoms in total. The van der Waals surface area contributed by atoms with E-state index in [-0.39, 0.29) is 28.6 Å². The van der Waals surface area contributed by atoms with Crippen molar-refractivity contribution >= 4 is 45.2 Å². The molecule has 0 bridgehead atoms. The van der Waals surface area contributed by atoms with Gasteiger partial charge in [-0.05, 0) is 61.9 Å². The van der Waals surface area contributed by atoms with Gasteiger partial charge < -0.3 is 26.2 Å². The average molecular weight is 483 g/mol. The molecule has 3 aromatic heterocycles. The SMILES string of the molecule is Cc1cc2c(N)ncnc2n1[C@H]1[C@H](O)[C@H](O)[C@]2(CCc3cc4nc(N)c(Cl)cc4cc3F)C[C@H]12. The fraction of sp³-hybridized carbons (Fsp3) is 0.375. The van der Waals surface area contributed by atoms with E-state index in [2.05, 4.69) is 15.0 Å². The van der Waals surface area contributed by atoms with Crippen LogP contribution < -0.4 is 11.5 Å². The number of hydrogen-bond donors (Lipinski definition) is 4. The molecular formula is C24H24ClFN6O2. The zero-order valence-corrected chi connectivity index (χ0v) is 19.2. The summed E-state index contributed by atoms with van der Waals surface area (Å²) in [6.07, 6.45) is 1.20. The number of rotatable bonds is 4. The molecule has 2 saturated carbocycles. The second-order valence-corrected chi connectivity index (χ2v) is 10.0. The zero-order chi connectivity index (χ0) is 23.9. The Kier molecular flexibility index (Phi) is 4.58. The molecule has 0 amide bonds. The van der Waals surface area contributed by atoms with E-state index in [1.807, 2.05) is 17.6 Å². The normalized spacial score (nSPS) is 28.0. The first-order chi connectivity index (χ1) is 16.2. The van der Waals surface area contributed by atoms with E-state index < -0.39 is 17.6 Å². The molecule has 2 aliphatic carbocycles. The molecule has 4 aromatic rings. The van der Waals surface area contributed by atoms with Crippen LogP contribution in [0.2, 0.25) is 5.02 Å². The summed E-state index contributed by atoms with van der Waals surface area (Å²) in [7, 11) is 0. The van der Waals surface area contributed by atoms with Gasteiger partial charge in [0.15, 0.2) is 0 Å². The molecule has 2 fully saturated rings. The summed E-state index contributed by atoms with van der Waals surface area (Å²) >= 11 is 6.01. The number of halogens is 2. The van der Waals surface area contributed by atoms with Crippen molar-refractivity contribution in [3.8, 4) is 0 Å². The lowest BCUT2D eigenvalue weighted by molar-refractivity contribution is -0.0194. The van der Waals surface area contributed by atoms with Gasteiger partial charge >= 0.3 is 0 Å². The third kappa shape index (κ3) is 2.93. The Hall–Kier alpha value is -3.01. The quantitative estimate of drug-likeness (QED) is 0.350. The van der Waals surface area contributed by atoms with Crippen LogP contribution in [-0.4, -0.2) is 41.9 Å². The number of aryl methyl sites for hydroxylation is 2. The van der Waals surface area contributed by atoms with Crippen LogP contribution in [0.5, 0.6) is 0 Å². The van der Waals surface area contributed by atoms with Crippen molar-refractivity contribution in [3.05, 3.63) is 52.7 Å². The van der Waals surface area contributed by atoms with Crippen molar-refractivity contribution in [2.45, 2.75) is 44.4 Å². The molecule has 0 aliphatic heterocycles. The Labute approximate surface area is 199 Å². The summed E-state index contributed by atoms with van der Waals surface area (Å²) in [6.45, 7) is 1.93. The highest BCUT2D eigenvalue weighted by atomic mass is 35.5. The fourth-order valence-electron chi connectivity index (χ4n) is 6.02. The van der Waals surface area contributed by atoms with Gasteiger partial charge in [-0.3, -0.25) is 0 Å². The smallest absolute Gasteiger partial charge is 0.146 e. The molecule has 0 spiro atoms. The number of aliphatic hydroxyl groups is 2. The summed E-state index contributed by atoms with van der Waals surface area (Å²) in [6, 6.07) is 6.26. The Morgan fingerprint density at radius 1 is 1.18 bits per heavy atom. The number of aliphatic hydroxyl groups excluding tert-OH is 2. The fourth-order valence-corrected chi connectivity index (χ4v) is 6.18. The molecule has 6 rings (SSSR count). The summed E-state index contributed by atoms with van der Waals surface area (Å²) in [4.78, 5) is 12.7. The van der Waals surface area contributed by atoms with Crippen LogP contribution in [0.1, 0.15) is 30.1 Å². The average Bonchev–Trinajstić information content (AvgIpc) is 3.36. The van der Waals surface area contributed by atoms with Crippen molar-refractivity contribution < 1.29 is 14.6 Å². The first-order valence-corrected chi connectivity index (χ1v) is 11.6. The Balaban J connectivity index is 1.30. The Morgan fingerprint density at radius 2 is 1.97 bits per heavy atom. The van der Waals surface area contributed by atoms with Gasteiger partial charge in [-0.15, -0.1) is 0 Å². The minimum atomic E-state index is -0.964. The summed E-state index contributed by atoms with van der Waals surface area (Å²) in [5, 5.41) is 23.7. The summed E-state index contributed by atoms with van der Waals surface area (Å²) < 4.78 is 16.8. The minimum Gasteiger partial charge on any atom is -0.390 e. The lowest BCUT2D eigenvalue weighted by Gasteiger charge is -2.25. The molecule has 34 heavy (non-hydrogen) atoms. The summed E-state index contributed by atoms with van der Waals surface area (Å²) in [5.74, 6) is 0.264. The summed E-state index contributed by atoms with van der Waals surface area (Å²) in [5.41, 5.74) is 14.0. The van der Waals surface area contributed by atoms with E-state index in [1.165, 1.54) is 12.4 Å². The maximum Gasteiger partial charge on any atom is 0.146 e. The molecule has 1 aromatic carbocycles. The number of nitrogens with two attached hydrogens (primary N) is 2. The molecular weight excluding hydrogens is 459 g/mol. The zero-order valence-electron chi connectivity index (χ0n) is 18.4. The highest BCUT2D eigenvalue weighted by Crippen LogP contribution is 2.70. The minimum absolute atomic E-state index is 0.0408. The highest BCUT2D eigenvalue weighted by Gasteiger charge is 2.70. The number of anilines is 2. The predicted molar refractivity (Wildman–Crippen MR) is 128 cm³/mol. The third-order valence-electron chi connectivity index (χ3n) is 7.83. The molecule has 10 heteroatoms. The van der Waals surface area contributed by atoms with Crippen molar-refractivity contribution in [1.29, 1.82) is 0 Å². The van der Waals surface area contributed by atoms with Crippen molar-refractivity contribution in [2.24, 2.45) is 11.3 Å². The van der Waals surface area contributed by atoms with E-state index in [0.717, 1.165) is 17.5 Å². The van der Waals surface area contributed by atoms with Crippen LogP contribution >= 0.6 is 11.6 Å². The van der Waals surface area contributed by atoms with Gasteiger partial charge in [-0.25, -0.2) is 19.3 Å². The number of aromatic nitrogens is 4. The standard InChI is InChI=1S/C24H24ClFN6O2/c1-10-4-13-21(27)29-9-30-23(13)32(10)18-14-8-24(14,20(34)19(18)33)3-2-11-7-17-12(6-16(11)26)5-15(25)22(28)31-17/h4-7,9,14,18-20,33-34H,2-3,8H2,1H3,(H2,28,31)(H2,27,29,30)/t14-,18-,19+,20+,24-/m1/s1. The van der Waals surface area contributed by atoms with Gasteiger partial charge in [0, 0.05) is 16.5 Å². The molecule has 3 heterocycles. The molecule has 0 saturated heterocycles. The third-order valence-corrected chi connectivity index (χ3v) is 8.13. The van der Waals surface area contributed by atoms with Crippen LogP contribution in [0.4, 0.5) is 16.0 Å². The molecule has 176 valence electrons. The van der Waals surface area contributed by atoms with Gasteiger partial charge in [0.1, 0.15) is 35.5 Å². The van der Waals surface area contributed by atoms with Crippen LogP contribution in [-0.2, 0) is 6.42 Å². The van der Waals surface area contributed by atoms with Crippen molar-refractivity contribution in [3.63, 3.8) is 0 Å². The van der Waals surface area contributed by atoms with Crippen molar-refractivity contribution in [1.82, 2.24) is 19.5 Å². The lowest BCUT2D eigenvalue weighted by atomic mass is 9.91. The van der Waals surface area contributed by atoms with E-state index in [4.69, 9.17) is 23.1 Å². The largest absolute Gasteiger partial charge is 0.390 e.